The zero-order valence-electron chi connectivity index (χ0n) is 30.1. The lowest BCUT2D eigenvalue weighted by Gasteiger charge is -2.48. The van der Waals surface area contributed by atoms with Crippen molar-refractivity contribution >= 4 is 9.84 Å². The molecule has 15 nitrogen and oxygen atoms in total. The molecule has 1 saturated carbocycles. The number of sulfone groups is 1. The summed E-state index contributed by atoms with van der Waals surface area (Å²) in [5.41, 5.74) is 30.5. The number of ether oxygens (including phenoxy) is 4. The van der Waals surface area contributed by atoms with E-state index >= 15 is 0 Å². The molecule has 3 rings (SSSR count). The zero-order valence-corrected chi connectivity index (χ0v) is 30.9. The molecule has 0 unspecified atom stereocenters. The summed E-state index contributed by atoms with van der Waals surface area (Å²) >= 11 is 0. The molecule has 14 atom stereocenters. The predicted octanol–water partition coefficient (Wildman–Crippen LogP) is -0.392. The molecule has 3 fully saturated rings. The van der Waals surface area contributed by atoms with Gasteiger partial charge in [0.1, 0.15) is 30.5 Å². The molecular weight excluding hydrogens is 670 g/mol. The third-order valence-electron chi connectivity index (χ3n) is 10.5. The Morgan fingerprint density at radius 1 is 0.620 bits per heavy atom. The third-order valence-corrected chi connectivity index (χ3v) is 12.2. The summed E-state index contributed by atoms with van der Waals surface area (Å²) in [6.07, 6.45) is 4.43. The van der Waals surface area contributed by atoms with Crippen molar-refractivity contribution in [3.8, 4) is 0 Å². The molecule has 0 radical (unpaired) electrons. The molecular formula is C34H69N5O10S. The largest absolute Gasteiger partial charge is 0.390 e. The van der Waals surface area contributed by atoms with Gasteiger partial charge in [-0.25, -0.2) is 8.42 Å². The standard InChI is InChI=1S/C34H69N5O10S/c1-2-3-4-5-6-7-8-9-10-11-12-13-14-15-16-50(44,45)20-26-28(41)27(39)29(42)34(47-26)49-32-22(37)17-21(36)31(30(32)43)48-33-23(38)18-24(40)25(19-35)46-33/h21-34,40-43H,2-20,35-39H2,1H3/t21-,22+,23+,24-,25+,26+,27-,28+,29+,30-,31+,32-,33+,34+/m0/s1. The maximum absolute atomic E-state index is 13.0. The summed E-state index contributed by atoms with van der Waals surface area (Å²) < 4.78 is 49.6. The first kappa shape index (κ1) is 43.8. The molecule has 2 aliphatic heterocycles. The van der Waals surface area contributed by atoms with E-state index < -0.39 is 101 Å². The van der Waals surface area contributed by atoms with E-state index in [4.69, 9.17) is 47.6 Å². The van der Waals surface area contributed by atoms with Crippen LogP contribution >= 0.6 is 0 Å². The smallest absolute Gasteiger partial charge is 0.186 e. The number of aliphatic hydroxyl groups excluding tert-OH is 4. The normalized spacial score (nSPS) is 38.4. The lowest BCUT2D eigenvalue weighted by atomic mass is 9.84. The lowest BCUT2D eigenvalue weighted by Crippen LogP contribution is -2.68. The van der Waals surface area contributed by atoms with Crippen molar-refractivity contribution in [3.63, 3.8) is 0 Å². The van der Waals surface area contributed by atoms with Gasteiger partial charge >= 0.3 is 0 Å². The van der Waals surface area contributed by atoms with Gasteiger partial charge in [0.05, 0.1) is 41.9 Å². The zero-order chi connectivity index (χ0) is 36.8. The fraction of sp³-hybridized carbons (Fsp3) is 1.00. The minimum Gasteiger partial charge on any atom is -0.390 e. The van der Waals surface area contributed by atoms with Crippen molar-refractivity contribution in [2.24, 2.45) is 28.7 Å². The minimum absolute atomic E-state index is 0.0307. The van der Waals surface area contributed by atoms with E-state index in [1.807, 2.05) is 0 Å². The Balaban J connectivity index is 1.45. The lowest BCUT2D eigenvalue weighted by molar-refractivity contribution is -0.310. The number of hydrogen-bond donors (Lipinski definition) is 9. The summed E-state index contributed by atoms with van der Waals surface area (Å²) in [4.78, 5) is 0. The minimum atomic E-state index is -3.64. The van der Waals surface area contributed by atoms with Gasteiger partial charge in [0.25, 0.3) is 0 Å². The molecule has 16 heteroatoms. The molecule has 3 aliphatic rings. The fourth-order valence-corrected chi connectivity index (χ4v) is 8.85. The SMILES string of the molecule is CCCCCCCCCCCCCCCCS(=O)(=O)C[C@H]1O[C@H](O[C@@H]2[C@@H](O)[C@H](O[C@H]3O[C@H](CN)[C@@H](O)C[C@H]3N)[C@@H](N)C[C@H]2N)[C@H](O)[C@@H](N)[C@@H]1O. The first-order valence-electron chi connectivity index (χ1n) is 19.1. The van der Waals surface area contributed by atoms with Crippen molar-refractivity contribution in [1.82, 2.24) is 0 Å². The maximum Gasteiger partial charge on any atom is 0.186 e. The highest BCUT2D eigenvalue weighted by Gasteiger charge is 2.50. The van der Waals surface area contributed by atoms with Crippen LogP contribution in [0.4, 0.5) is 0 Å². The van der Waals surface area contributed by atoms with E-state index in [0.29, 0.717) is 6.42 Å². The van der Waals surface area contributed by atoms with Gasteiger partial charge < -0.3 is 68.0 Å². The van der Waals surface area contributed by atoms with Crippen LogP contribution in [0.3, 0.4) is 0 Å². The molecule has 0 bridgehead atoms. The summed E-state index contributed by atoms with van der Waals surface area (Å²) in [5, 5.41) is 43.0. The quantitative estimate of drug-likeness (QED) is 0.0639. The van der Waals surface area contributed by atoms with E-state index in [1.165, 1.54) is 57.8 Å². The monoisotopic (exact) mass is 739 g/mol. The van der Waals surface area contributed by atoms with Gasteiger partial charge in [0.2, 0.25) is 0 Å². The summed E-state index contributed by atoms with van der Waals surface area (Å²) in [5.74, 6) is -0.564. The summed E-state index contributed by atoms with van der Waals surface area (Å²) in [7, 11) is -3.64. The van der Waals surface area contributed by atoms with Gasteiger partial charge in [-0.1, -0.05) is 90.4 Å². The van der Waals surface area contributed by atoms with Gasteiger partial charge in [-0.2, -0.15) is 0 Å². The molecule has 2 heterocycles. The molecule has 0 aromatic carbocycles. The van der Waals surface area contributed by atoms with Crippen LogP contribution in [0.5, 0.6) is 0 Å². The highest BCUT2D eigenvalue weighted by atomic mass is 32.2. The molecule has 296 valence electrons. The van der Waals surface area contributed by atoms with Crippen LogP contribution in [0.1, 0.15) is 110 Å². The molecule has 0 spiro atoms. The van der Waals surface area contributed by atoms with E-state index in [0.717, 1.165) is 25.7 Å². The molecule has 2 saturated heterocycles. The van der Waals surface area contributed by atoms with Crippen LogP contribution in [0, 0.1) is 0 Å². The topological polar surface area (TPSA) is 282 Å². The fourth-order valence-electron chi connectivity index (χ4n) is 7.26. The summed E-state index contributed by atoms with van der Waals surface area (Å²) in [6, 6.07) is -3.57. The first-order chi connectivity index (χ1) is 23.8. The van der Waals surface area contributed by atoms with Crippen LogP contribution in [-0.2, 0) is 28.8 Å². The van der Waals surface area contributed by atoms with Gasteiger partial charge in [-0.15, -0.1) is 0 Å². The second kappa shape index (κ2) is 22.0. The van der Waals surface area contributed by atoms with Gasteiger partial charge in [0.15, 0.2) is 22.4 Å². The van der Waals surface area contributed by atoms with Crippen molar-refractivity contribution < 1.29 is 47.8 Å². The first-order valence-corrected chi connectivity index (χ1v) is 20.9. The Kier molecular flexibility index (Phi) is 19.3. The average Bonchev–Trinajstić information content (AvgIpc) is 3.06. The predicted molar refractivity (Wildman–Crippen MR) is 190 cm³/mol. The number of unbranched alkanes of at least 4 members (excludes halogenated alkanes) is 13. The van der Waals surface area contributed by atoms with Gasteiger partial charge in [-0.3, -0.25) is 0 Å². The van der Waals surface area contributed by atoms with E-state index in [1.54, 1.807) is 0 Å². The van der Waals surface area contributed by atoms with E-state index in [2.05, 4.69) is 6.92 Å². The molecule has 0 amide bonds. The highest BCUT2D eigenvalue weighted by Crippen LogP contribution is 2.31. The molecule has 1 aliphatic carbocycles. The van der Waals surface area contributed by atoms with E-state index in [9.17, 15) is 28.8 Å². The van der Waals surface area contributed by atoms with Crippen molar-refractivity contribution in [2.75, 3.05) is 18.1 Å². The molecule has 0 aromatic heterocycles. The maximum atomic E-state index is 13.0. The highest BCUT2D eigenvalue weighted by molar-refractivity contribution is 7.91. The van der Waals surface area contributed by atoms with Crippen LogP contribution in [0.25, 0.3) is 0 Å². The number of aliphatic hydroxyl groups is 4. The Hall–Kier alpha value is -0.570. The van der Waals surface area contributed by atoms with Crippen LogP contribution in [-0.4, -0.2) is 132 Å². The Labute approximate surface area is 299 Å². The second-order valence-electron chi connectivity index (χ2n) is 14.8. The molecule has 0 aromatic rings. The van der Waals surface area contributed by atoms with Crippen LogP contribution < -0.4 is 28.7 Å². The Morgan fingerprint density at radius 2 is 1.10 bits per heavy atom. The van der Waals surface area contributed by atoms with Crippen molar-refractivity contribution in [2.45, 2.75) is 195 Å². The van der Waals surface area contributed by atoms with Crippen molar-refractivity contribution in [3.05, 3.63) is 0 Å². The van der Waals surface area contributed by atoms with Crippen molar-refractivity contribution in [1.29, 1.82) is 0 Å². The average molecular weight is 740 g/mol. The molecule has 14 N–H and O–H groups in total. The molecule has 50 heavy (non-hydrogen) atoms. The van der Waals surface area contributed by atoms with Gasteiger partial charge in [-0.05, 0) is 19.3 Å². The number of nitrogens with two attached hydrogens (primary N) is 5. The second-order valence-corrected chi connectivity index (χ2v) is 17.0. The Bertz CT molecular complexity index is 1050. The third kappa shape index (κ3) is 13.4. The van der Waals surface area contributed by atoms with Crippen LogP contribution in [0.15, 0.2) is 0 Å². The van der Waals surface area contributed by atoms with Crippen LogP contribution in [0.2, 0.25) is 0 Å². The van der Waals surface area contributed by atoms with Gasteiger partial charge in [0, 0.05) is 18.6 Å². The number of rotatable bonds is 22. The summed E-state index contributed by atoms with van der Waals surface area (Å²) in [6.45, 7) is 2.26. The van der Waals surface area contributed by atoms with E-state index in [-0.39, 0.29) is 25.1 Å². The Morgan fingerprint density at radius 3 is 1.62 bits per heavy atom. The number of hydrogen-bond acceptors (Lipinski definition) is 15.